The molecule has 5 nitrogen and oxygen atoms in total. The van der Waals surface area contributed by atoms with Crippen LogP contribution in [0.15, 0.2) is 47.1 Å². The SMILES string of the molecule is COc1ccc(C(C)(C)C)cc1NC(=O)c1cc(C)n(Cc2ccco2)c1C. The van der Waals surface area contributed by atoms with Crippen LogP contribution in [0, 0.1) is 13.8 Å². The van der Waals surface area contributed by atoms with Crippen molar-refractivity contribution < 1.29 is 13.9 Å². The van der Waals surface area contributed by atoms with Gasteiger partial charge >= 0.3 is 0 Å². The first-order chi connectivity index (χ1) is 13.2. The molecule has 0 spiro atoms. The van der Waals surface area contributed by atoms with E-state index in [9.17, 15) is 4.79 Å². The molecule has 0 saturated heterocycles. The van der Waals surface area contributed by atoms with Gasteiger partial charge in [-0.15, -0.1) is 0 Å². The number of carbonyl (C=O) groups is 1. The van der Waals surface area contributed by atoms with Crippen molar-refractivity contribution in [1.82, 2.24) is 4.57 Å². The van der Waals surface area contributed by atoms with Crippen LogP contribution in [-0.2, 0) is 12.0 Å². The Morgan fingerprint density at radius 2 is 1.93 bits per heavy atom. The van der Waals surface area contributed by atoms with Crippen molar-refractivity contribution in [1.29, 1.82) is 0 Å². The van der Waals surface area contributed by atoms with E-state index in [-0.39, 0.29) is 11.3 Å². The fourth-order valence-corrected chi connectivity index (χ4v) is 3.29. The van der Waals surface area contributed by atoms with Gasteiger partial charge < -0.3 is 19.0 Å². The van der Waals surface area contributed by atoms with Gasteiger partial charge in [-0.1, -0.05) is 26.8 Å². The second-order valence-corrected chi connectivity index (χ2v) is 8.07. The number of amides is 1. The number of rotatable bonds is 5. The minimum Gasteiger partial charge on any atom is -0.495 e. The van der Waals surface area contributed by atoms with Crippen LogP contribution in [0.1, 0.15) is 53.8 Å². The summed E-state index contributed by atoms with van der Waals surface area (Å²) in [7, 11) is 1.61. The normalized spacial score (nSPS) is 11.5. The molecule has 3 aromatic rings. The smallest absolute Gasteiger partial charge is 0.257 e. The monoisotopic (exact) mass is 380 g/mol. The Morgan fingerprint density at radius 3 is 2.54 bits per heavy atom. The summed E-state index contributed by atoms with van der Waals surface area (Å²) in [5.41, 5.74) is 4.34. The van der Waals surface area contributed by atoms with E-state index in [0.29, 0.717) is 23.5 Å². The number of aryl methyl sites for hydroxylation is 1. The molecular formula is C23H28N2O3. The molecule has 3 rings (SSSR count). The number of carbonyl (C=O) groups excluding carboxylic acids is 1. The highest BCUT2D eigenvalue weighted by atomic mass is 16.5. The highest BCUT2D eigenvalue weighted by Crippen LogP contribution is 2.32. The molecule has 5 heteroatoms. The van der Waals surface area contributed by atoms with E-state index in [4.69, 9.17) is 9.15 Å². The lowest BCUT2D eigenvalue weighted by molar-refractivity contribution is 0.102. The van der Waals surface area contributed by atoms with Crippen molar-refractivity contribution >= 4 is 11.6 Å². The molecular weight excluding hydrogens is 352 g/mol. The van der Waals surface area contributed by atoms with Gasteiger partial charge in [0.1, 0.15) is 11.5 Å². The molecule has 0 aliphatic carbocycles. The Labute approximate surface area is 166 Å². The number of ether oxygens (including phenoxy) is 1. The van der Waals surface area contributed by atoms with Gasteiger partial charge in [0.2, 0.25) is 0 Å². The summed E-state index contributed by atoms with van der Waals surface area (Å²) >= 11 is 0. The second kappa shape index (κ2) is 7.58. The van der Waals surface area contributed by atoms with Crippen LogP contribution in [0.3, 0.4) is 0 Å². The molecule has 0 saturated carbocycles. The number of benzene rings is 1. The minimum atomic E-state index is -0.150. The zero-order chi connectivity index (χ0) is 20.5. The lowest BCUT2D eigenvalue weighted by Crippen LogP contribution is -2.16. The standard InChI is InChI=1S/C23H28N2O3/c1-15-12-19(16(2)25(15)14-18-8-7-11-28-18)22(26)24-20-13-17(23(3,4)5)9-10-21(20)27-6/h7-13H,14H2,1-6H3,(H,24,26). The van der Waals surface area contributed by atoms with Gasteiger partial charge in [-0.25, -0.2) is 0 Å². The molecule has 28 heavy (non-hydrogen) atoms. The summed E-state index contributed by atoms with van der Waals surface area (Å²) in [6.07, 6.45) is 1.66. The van der Waals surface area contributed by atoms with Crippen LogP contribution in [0.25, 0.3) is 0 Å². The molecule has 0 unspecified atom stereocenters. The van der Waals surface area contributed by atoms with Crippen LogP contribution in [-0.4, -0.2) is 17.6 Å². The highest BCUT2D eigenvalue weighted by molar-refractivity contribution is 6.06. The number of nitrogens with one attached hydrogen (secondary N) is 1. The van der Waals surface area contributed by atoms with Crippen LogP contribution >= 0.6 is 0 Å². The Morgan fingerprint density at radius 1 is 1.18 bits per heavy atom. The molecule has 0 radical (unpaired) electrons. The van der Waals surface area contributed by atoms with Crippen LogP contribution in [0.2, 0.25) is 0 Å². The lowest BCUT2D eigenvalue weighted by atomic mass is 9.87. The molecule has 0 aliphatic rings. The molecule has 1 amide bonds. The number of hydrogen-bond donors (Lipinski definition) is 1. The number of nitrogens with zero attached hydrogens (tertiary/aromatic N) is 1. The molecule has 0 fully saturated rings. The van der Waals surface area contributed by atoms with E-state index in [2.05, 4.69) is 30.7 Å². The van der Waals surface area contributed by atoms with Crippen LogP contribution in [0.4, 0.5) is 5.69 Å². The van der Waals surface area contributed by atoms with E-state index < -0.39 is 0 Å². The summed E-state index contributed by atoms with van der Waals surface area (Å²) in [6, 6.07) is 11.6. The minimum absolute atomic E-state index is 0.0232. The van der Waals surface area contributed by atoms with Crippen molar-refractivity contribution in [3.8, 4) is 5.75 Å². The average Bonchev–Trinajstić information content (AvgIpc) is 3.24. The number of furan rings is 1. The summed E-state index contributed by atoms with van der Waals surface area (Å²) in [4.78, 5) is 13.0. The topological polar surface area (TPSA) is 56.4 Å². The van der Waals surface area contributed by atoms with Gasteiger partial charge in [0, 0.05) is 11.4 Å². The molecule has 2 heterocycles. The van der Waals surface area contributed by atoms with Crippen molar-refractivity contribution in [2.45, 2.75) is 46.6 Å². The second-order valence-electron chi connectivity index (χ2n) is 8.07. The molecule has 2 aromatic heterocycles. The van der Waals surface area contributed by atoms with E-state index >= 15 is 0 Å². The molecule has 0 aliphatic heterocycles. The van der Waals surface area contributed by atoms with Gasteiger partial charge in [-0.3, -0.25) is 4.79 Å². The van der Waals surface area contributed by atoms with Crippen molar-refractivity contribution in [3.05, 3.63) is 70.9 Å². The Kier molecular flexibility index (Phi) is 5.36. The number of aromatic nitrogens is 1. The predicted molar refractivity (Wildman–Crippen MR) is 111 cm³/mol. The van der Waals surface area contributed by atoms with E-state index in [0.717, 1.165) is 22.7 Å². The van der Waals surface area contributed by atoms with Gasteiger partial charge in [0.15, 0.2) is 0 Å². The summed E-state index contributed by atoms with van der Waals surface area (Å²) in [5, 5.41) is 3.03. The maximum atomic E-state index is 13.0. The average molecular weight is 380 g/mol. The first kappa shape index (κ1) is 19.8. The van der Waals surface area contributed by atoms with Gasteiger partial charge in [-0.05, 0) is 55.2 Å². The van der Waals surface area contributed by atoms with Crippen molar-refractivity contribution in [2.24, 2.45) is 0 Å². The molecule has 1 aromatic carbocycles. The quantitative estimate of drug-likeness (QED) is 0.653. The maximum Gasteiger partial charge on any atom is 0.257 e. The van der Waals surface area contributed by atoms with E-state index in [1.807, 2.05) is 50.2 Å². The third kappa shape index (κ3) is 3.98. The first-order valence-electron chi connectivity index (χ1n) is 9.39. The summed E-state index contributed by atoms with van der Waals surface area (Å²) < 4.78 is 13.0. The van der Waals surface area contributed by atoms with Crippen LogP contribution < -0.4 is 10.1 Å². The number of hydrogen-bond acceptors (Lipinski definition) is 3. The number of anilines is 1. The van der Waals surface area contributed by atoms with E-state index in [1.54, 1.807) is 13.4 Å². The summed E-state index contributed by atoms with van der Waals surface area (Å²) in [6.45, 7) is 11.0. The summed E-state index contributed by atoms with van der Waals surface area (Å²) in [5.74, 6) is 1.35. The maximum absolute atomic E-state index is 13.0. The third-order valence-electron chi connectivity index (χ3n) is 5.03. The highest BCUT2D eigenvalue weighted by Gasteiger charge is 2.20. The predicted octanol–water partition coefficient (Wildman–Crippen LogP) is 5.30. The zero-order valence-electron chi connectivity index (χ0n) is 17.4. The Balaban J connectivity index is 1.89. The zero-order valence-corrected chi connectivity index (χ0v) is 17.4. The fourth-order valence-electron chi connectivity index (χ4n) is 3.29. The molecule has 0 atom stereocenters. The van der Waals surface area contributed by atoms with Gasteiger partial charge in [-0.2, -0.15) is 0 Å². The third-order valence-corrected chi connectivity index (χ3v) is 5.03. The van der Waals surface area contributed by atoms with Gasteiger partial charge in [0.25, 0.3) is 5.91 Å². The van der Waals surface area contributed by atoms with Crippen molar-refractivity contribution in [2.75, 3.05) is 12.4 Å². The Bertz CT molecular complexity index is 976. The first-order valence-corrected chi connectivity index (χ1v) is 9.39. The Hall–Kier alpha value is -2.95. The largest absolute Gasteiger partial charge is 0.495 e. The molecule has 1 N–H and O–H groups in total. The lowest BCUT2D eigenvalue weighted by Gasteiger charge is -2.21. The molecule has 148 valence electrons. The molecule has 0 bridgehead atoms. The number of methoxy groups -OCH3 is 1. The van der Waals surface area contributed by atoms with Gasteiger partial charge in [0.05, 0.1) is 31.2 Å². The van der Waals surface area contributed by atoms with Crippen LogP contribution in [0.5, 0.6) is 5.75 Å². The fraction of sp³-hybridized carbons (Fsp3) is 0.348. The van der Waals surface area contributed by atoms with E-state index in [1.165, 1.54) is 0 Å². The van der Waals surface area contributed by atoms with Crippen molar-refractivity contribution in [3.63, 3.8) is 0 Å².